The summed E-state index contributed by atoms with van der Waals surface area (Å²) in [6.07, 6.45) is 1.72. The molecule has 13 heavy (non-hydrogen) atoms. The van der Waals surface area contributed by atoms with Crippen LogP contribution in [0.4, 0.5) is 5.82 Å². The highest BCUT2D eigenvalue weighted by molar-refractivity contribution is 5.29. The smallest absolute Gasteiger partial charge is 0.267 e. The largest absolute Gasteiger partial charge is 0.394 e. The van der Waals surface area contributed by atoms with Gasteiger partial charge in [-0.05, 0) is 0 Å². The van der Waals surface area contributed by atoms with Gasteiger partial charge in [0.1, 0.15) is 5.82 Å². The number of nitrogens with one attached hydrogen (secondary N) is 2. The molecule has 72 valence electrons. The fraction of sp³-hybridized carbons (Fsp3) is 0.429. The molecule has 6 heteroatoms. The van der Waals surface area contributed by atoms with E-state index < -0.39 is 6.10 Å². The zero-order chi connectivity index (χ0) is 9.68. The highest BCUT2D eigenvalue weighted by atomic mass is 16.3. The first-order valence-corrected chi connectivity index (χ1v) is 3.79. The number of rotatable bonds is 4. The molecule has 4 N–H and O–H groups in total. The van der Waals surface area contributed by atoms with Crippen LogP contribution < -0.4 is 10.9 Å². The fourth-order valence-corrected chi connectivity index (χ4v) is 0.759. The molecule has 1 aromatic rings. The highest BCUT2D eigenvalue weighted by Gasteiger charge is 2.00. The molecule has 0 spiro atoms. The van der Waals surface area contributed by atoms with Crippen molar-refractivity contribution in [3.8, 4) is 0 Å². The third-order valence-electron chi connectivity index (χ3n) is 1.39. The molecule has 1 aromatic heterocycles. The van der Waals surface area contributed by atoms with Crippen molar-refractivity contribution in [1.82, 2.24) is 9.97 Å². The van der Waals surface area contributed by atoms with Gasteiger partial charge in [-0.2, -0.15) is 0 Å². The lowest BCUT2D eigenvalue weighted by Crippen LogP contribution is -2.24. The molecule has 0 saturated heterocycles. The van der Waals surface area contributed by atoms with Crippen molar-refractivity contribution in [3.05, 3.63) is 22.7 Å². The molecule has 1 unspecified atom stereocenters. The Labute approximate surface area is 74.3 Å². The highest BCUT2D eigenvalue weighted by Crippen LogP contribution is 1.94. The van der Waals surface area contributed by atoms with E-state index in [1.54, 1.807) is 0 Å². The van der Waals surface area contributed by atoms with Crippen LogP contribution in [0.5, 0.6) is 0 Å². The number of anilines is 1. The number of nitrogens with zero attached hydrogens (tertiary/aromatic N) is 1. The molecule has 0 aliphatic heterocycles. The Bertz CT molecular complexity index is 312. The minimum Gasteiger partial charge on any atom is -0.394 e. The number of aromatic amines is 1. The Morgan fingerprint density at radius 2 is 2.38 bits per heavy atom. The molecule has 0 radical (unpaired) electrons. The van der Waals surface area contributed by atoms with Gasteiger partial charge in [-0.3, -0.25) is 9.78 Å². The van der Waals surface area contributed by atoms with Crippen molar-refractivity contribution in [2.24, 2.45) is 0 Å². The number of hydrogen-bond acceptors (Lipinski definition) is 5. The van der Waals surface area contributed by atoms with Crippen molar-refractivity contribution in [3.63, 3.8) is 0 Å². The number of aliphatic hydroxyl groups is 2. The molecule has 1 heterocycles. The lowest BCUT2D eigenvalue weighted by Gasteiger charge is -2.08. The Morgan fingerprint density at radius 3 is 3.00 bits per heavy atom. The normalized spacial score (nSPS) is 12.5. The van der Waals surface area contributed by atoms with Crippen LogP contribution in [0.2, 0.25) is 0 Å². The van der Waals surface area contributed by atoms with Crippen LogP contribution in [0.25, 0.3) is 0 Å². The maximum absolute atomic E-state index is 10.7. The summed E-state index contributed by atoms with van der Waals surface area (Å²) in [5.74, 6) is 0.417. The van der Waals surface area contributed by atoms with E-state index in [0.29, 0.717) is 5.82 Å². The van der Waals surface area contributed by atoms with Crippen LogP contribution >= 0.6 is 0 Å². The summed E-state index contributed by atoms with van der Waals surface area (Å²) in [6.45, 7) is -0.157. The molecule has 1 atom stereocenters. The Morgan fingerprint density at radius 1 is 1.62 bits per heavy atom. The van der Waals surface area contributed by atoms with E-state index in [1.165, 1.54) is 6.20 Å². The van der Waals surface area contributed by atoms with Gasteiger partial charge < -0.3 is 20.5 Å². The zero-order valence-electron chi connectivity index (χ0n) is 6.90. The molecule has 0 aromatic carbocycles. The van der Waals surface area contributed by atoms with Crippen LogP contribution in [0.15, 0.2) is 17.2 Å². The zero-order valence-corrected chi connectivity index (χ0v) is 6.90. The second kappa shape index (κ2) is 4.58. The molecule has 0 bridgehead atoms. The van der Waals surface area contributed by atoms with Gasteiger partial charge >= 0.3 is 0 Å². The molecule has 0 fully saturated rings. The maximum atomic E-state index is 10.7. The molecule has 6 nitrogen and oxygen atoms in total. The van der Waals surface area contributed by atoms with Crippen LogP contribution in [-0.4, -0.2) is 39.4 Å². The van der Waals surface area contributed by atoms with Crippen molar-refractivity contribution in [2.75, 3.05) is 18.5 Å². The lowest BCUT2D eigenvalue weighted by atomic mass is 10.4. The number of H-pyrrole nitrogens is 1. The number of aromatic nitrogens is 2. The summed E-state index contributed by atoms with van der Waals surface area (Å²) in [5, 5.41) is 20.2. The molecule has 0 amide bonds. The summed E-state index contributed by atoms with van der Waals surface area (Å²) < 4.78 is 0. The molecule has 1 rings (SSSR count). The van der Waals surface area contributed by atoms with E-state index in [1.807, 2.05) is 0 Å². The Balaban J connectivity index is 2.50. The van der Waals surface area contributed by atoms with Gasteiger partial charge in [0.05, 0.1) is 25.1 Å². The van der Waals surface area contributed by atoms with Gasteiger partial charge in [0, 0.05) is 6.54 Å². The van der Waals surface area contributed by atoms with Gasteiger partial charge in [-0.1, -0.05) is 0 Å². The predicted molar refractivity (Wildman–Crippen MR) is 46.4 cm³/mol. The monoisotopic (exact) mass is 185 g/mol. The second-order valence-corrected chi connectivity index (χ2v) is 2.53. The Kier molecular flexibility index (Phi) is 3.41. The van der Waals surface area contributed by atoms with Crippen molar-refractivity contribution < 1.29 is 10.2 Å². The summed E-state index contributed by atoms with van der Waals surface area (Å²) in [5.41, 5.74) is -0.316. The van der Waals surface area contributed by atoms with E-state index >= 15 is 0 Å². The minimum atomic E-state index is -0.844. The van der Waals surface area contributed by atoms with Gasteiger partial charge in [0.25, 0.3) is 5.56 Å². The molecule has 0 saturated carbocycles. The van der Waals surface area contributed by atoms with E-state index in [4.69, 9.17) is 10.2 Å². The minimum absolute atomic E-state index is 0.165. The Hall–Kier alpha value is -1.40. The summed E-state index contributed by atoms with van der Waals surface area (Å²) in [4.78, 5) is 16.8. The predicted octanol–water partition coefficient (Wildman–Crippen LogP) is -1.47. The number of hydrogen-bond donors (Lipinski definition) is 4. The van der Waals surface area contributed by atoms with Gasteiger partial charge in [0.15, 0.2) is 0 Å². The summed E-state index contributed by atoms with van der Waals surface area (Å²) in [7, 11) is 0. The average Bonchev–Trinajstić information content (AvgIpc) is 2.14. The quantitative estimate of drug-likeness (QED) is 0.459. The van der Waals surface area contributed by atoms with Crippen LogP contribution in [0.3, 0.4) is 0 Å². The molecule has 0 aliphatic carbocycles. The average molecular weight is 185 g/mol. The van der Waals surface area contributed by atoms with Crippen molar-refractivity contribution in [2.45, 2.75) is 6.10 Å². The van der Waals surface area contributed by atoms with Crippen LogP contribution in [0.1, 0.15) is 0 Å². The number of aliphatic hydroxyl groups excluding tert-OH is 2. The van der Waals surface area contributed by atoms with Crippen LogP contribution in [0, 0.1) is 0 Å². The van der Waals surface area contributed by atoms with Crippen molar-refractivity contribution in [1.29, 1.82) is 0 Å². The third kappa shape index (κ3) is 3.22. The summed E-state index contributed by atoms with van der Waals surface area (Å²) in [6, 6.07) is 0. The molecule has 0 aliphatic rings. The SMILES string of the molecule is O=c1cncc(NCC(O)CO)[nH]1. The van der Waals surface area contributed by atoms with Gasteiger partial charge in [-0.15, -0.1) is 0 Å². The van der Waals surface area contributed by atoms with Crippen LogP contribution in [-0.2, 0) is 0 Å². The van der Waals surface area contributed by atoms with E-state index in [2.05, 4.69) is 15.3 Å². The molecular weight excluding hydrogens is 174 g/mol. The first-order chi connectivity index (χ1) is 6.22. The van der Waals surface area contributed by atoms with E-state index in [0.717, 1.165) is 6.20 Å². The molecular formula is C7H11N3O3. The van der Waals surface area contributed by atoms with E-state index in [9.17, 15) is 4.79 Å². The van der Waals surface area contributed by atoms with Crippen molar-refractivity contribution >= 4 is 5.82 Å². The van der Waals surface area contributed by atoms with E-state index in [-0.39, 0.29) is 18.7 Å². The van der Waals surface area contributed by atoms with Gasteiger partial charge in [-0.25, -0.2) is 0 Å². The first kappa shape index (κ1) is 9.69. The second-order valence-electron chi connectivity index (χ2n) is 2.53. The third-order valence-corrected chi connectivity index (χ3v) is 1.39. The summed E-state index contributed by atoms with van der Waals surface area (Å²) >= 11 is 0. The standard InChI is InChI=1S/C7H11N3O3/c11-4-5(12)1-9-6-2-8-3-7(13)10-6/h2-3,5,11-12H,1,4H2,(H2,9,10,13). The van der Waals surface area contributed by atoms with Gasteiger partial charge in [0.2, 0.25) is 0 Å². The fourth-order valence-electron chi connectivity index (χ4n) is 0.759. The lowest BCUT2D eigenvalue weighted by molar-refractivity contribution is 0.105. The topological polar surface area (TPSA) is 98.2 Å². The first-order valence-electron chi connectivity index (χ1n) is 3.79. The maximum Gasteiger partial charge on any atom is 0.267 e.